The number of aromatic nitrogens is 1. The van der Waals surface area contributed by atoms with Gasteiger partial charge in [-0.1, -0.05) is 13.8 Å². The van der Waals surface area contributed by atoms with Crippen molar-refractivity contribution in [1.29, 1.82) is 0 Å². The van der Waals surface area contributed by atoms with Gasteiger partial charge in [-0.3, -0.25) is 4.90 Å². The highest BCUT2D eigenvalue weighted by Crippen LogP contribution is 2.23. The molecule has 5 heteroatoms. The van der Waals surface area contributed by atoms with Crippen molar-refractivity contribution in [2.24, 2.45) is 0 Å². The van der Waals surface area contributed by atoms with Gasteiger partial charge in [-0.15, -0.1) is 0 Å². The average Bonchev–Trinajstić information content (AvgIpc) is 2.49. The lowest BCUT2D eigenvalue weighted by molar-refractivity contribution is 0.0564. The summed E-state index contributed by atoms with van der Waals surface area (Å²) >= 11 is 0. The van der Waals surface area contributed by atoms with Crippen molar-refractivity contribution in [3.8, 4) is 5.88 Å². The Bertz CT molecular complexity index is 452. The molecule has 0 saturated heterocycles. The summed E-state index contributed by atoms with van der Waals surface area (Å²) in [5.41, 5.74) is 3.04. The minimum Gasteiger partial charge on any atom is -0.472 e. The molecule has 5 nitrogen and oxygen atoms in total. The van der Waals surface area contributed by atoms with Crippen LogP contribution < -0.4 is 10.1 Å². The fourth-order valence-corrected chi connectivity index (χ4v) is 1.93. The first-order valence-corrected chi connectivity index (χ1v) is 8.12. The molecule has 0 aliphatic carbocycles. The zero-order chi connectivity index (χ0) is 16.5. The van der Waals surface area contributed by atoms with Crippen LogP contribution in [-0.2, 0) is 4.74 Å². The molecule has 1 heterocycles. The van der Waals surface area contributed by atoms with Gasteiger partial charge in [-0.05, 0) is 46.9 Å². The second-order valence-corrected chi connectivity index (χ2v) is 5.75. The predicted octanol–water partition coefficient (Wildman–Crippen LogP) is 3.21. The fraction of sp³-hybridized carbons (Fsp3) is 0.706. The van der Waals surface area contributed by atoms with Crippen molar-refractivity contribution in [1.82, 2.24) is 9.88 Å². The molecule has 0 aromatic carbocycles. The van der Waals surface area contributed by atoms with E-state index in [1.54, 1.807) is 0 Å². The average molecular weight is 309 g/mol. The Morgan fingerprint density at radius 2 is 2.05 bits per heavy atom. The van der Waals surface area contributed by atoms with E-state index in [1.165, 1.54) is 0 Å². The summed E-state index contributed by atoms with van der Waals surface area (Å²) < 4.78 is 11.4. The number of nitrogens with zero attached hydrogens (tertiary/aromatic N) is 2. The van der Waals surface area contributed by atoms with E-state index in [0.29, 0.717) is 12.5 Å². The van der Waals surface area contributed by atoms with Crippen LogP contribution in [-0.4, -0.2) is 49.5 Å². The molecule has 0 bridgehead atoms. The Labute approximate surface area is 135 Å². The molecule has 126 valence electrons. The molecule has 22 heavy (non-hydrogen) atoms. The number of anilines is 1. The standard InChI is InChI=1S/C17H31N3O2/c1-7-9-21-11-14(4)22-17-13(3)10-16(15(5)19-17)18-12-20(6)8-2/h10,14,18H,7-9,11-12H2,1-6H3. The SMILES string of the molecule is CCCOCC(C)Oc1nc(C)c(NCN(C)CC)cc1C. The third-order valence-electron chi connectivity index (χ3n) is 3.45. The molecule has 1 N–H and O–H groups in total. The second kappa shape index (κ2) is 9.64. The minimum absolute atomic E-state index is 0.00202. The summed E-state index contributed by atoms with van der Waals surface area (Å²) in [7, 11) is 2.08. The highest BCUT2D eigenvalue weighted by Gasteiger charge is 2.11. The molecule has 1 unspecified atom stereocenters. The summed E-state index contributed by atoms with van der Waals surface area (Å²) in [5, 5.41) is 3.41. The molecule has 0 saturated carbocycles. The van der Waals surface area contributed by atoms with Crippen molar-refractivity contribution < 1.29 is 9.47 Å². The van der Waals surface area contributed by atoms with Crippen molar-refractivity contribution >= 4 is 5.69 Å². The molecule has 0 spiro atoms. The molecule has 1 aromatic heterocycles. The topological polar surface area (TPSA) is 46.6 Å². The molecule has 0 radical (unpaired) electrons. The molecule has 0 aliphatic heterocycles. The van der Waals surface area contributed by atoms with E-state index < -0.39 is 0 Å². The number of rotatable bonds is 10. The largest absolute Gasteiger partial charge is 0.472 e. The number of pyridine rings is 1. The van der Waals surface area contributed by atoms with Crippen LogP contribution in [0.2, 0.25) is 0 Å². The van der Waals surface area contributed by atoms with E-state index in [-0.39, 0.29) is 6.10 Å². The van der Waals surface area contributed by atoms with Crippen molar-refractivity contribution in [3.63, 3.8) is 0 Å². The van der Waals surface area contributed by atoms with Gasteiger partial charge in [0.2, 0.25) is 5.88 Å². The molecular formula is C17H31N3O2. The van der Waals surface area contributed by atoms with Crippen molar-refractivity contribution in [2.75, 3.05) is 38.8 Å². The van der Waals surface area contributed by atoms with Crippen LogP contribution in [0.5, 0.6) is 5.88 Å². The van der Waals surface area contributed by atoms with Gasteiger partial charge in [-0.2, -0.15) is 0 Å². The molecule has 0 fully saturated rings. The monoisotopic (exact) mass is 309 g/mol. The quantitative estimate of drug-likeness (QED) is 0.531. The summed E-state index contributed by atoms with van der Waals surface area (Å²) in [6.07, 6.45) is 1.03. The number of aryl methyl sites for hydroxylation is 2. The van der Waals surface area contributed by atoms with Crippen LogP contribution in [0.25, 0.3) is 0 Å². The van der Waals surface area contributed by atoms with Gasteiger partial charge in [0.05, 0.1) is 24.7 Å². The normalized spacial score (nSPS) is 12.5. The van der Waals surface area contributed by atoms with Crippen molar-refractivity contribution in [2.45, 2.75) is 47.1 Å². The van der Waals surface area contributed by atoms with Gasteiger partial charge in [-0.25, -0.2) is 4.98 Å². The van der Waals surface area contributed by atoms with Gasteiger partial charge < -0.3 is 14.8 Å². The lowest BCUT2D eigenvalue weighted by atomic mass is 10.2. The van der Waals surface area contributed by atoms with E-state index in [4.69, 9.17) is 9.47 Å². The van der Waals surface area contributed by atoms with E-state index >= 15 is 0 Å². The maximum Gasteiger partial charge on any atom is 0.216 e. The maximum atomic E-state index is 5.90. The highest BCUT2D eigenvalue weighted by atomic mass is 16.5. The summed E-state index contributed by atoms with van der Waals surface area (Å²) in [4.78, 5) is 6.79. The van der Waals surface area contributed by atoms with E-state index in [2.05, 4.69) is 42.2 Å². The van der Waals surface area contributed by atoms with Crippen LogP contribution >= 0.6 is 0 Å². The van der Waals surface area contributed by atoms with Crippen LogP contribution in [0, 0.1) is 13.8 Å². The van der Waals surface area contributed by atoms with Crippen LogP contribution in [0.1, 0.15) is 38.4 Å². The summed E-state index contributed by atoms with van der Waals surface area (Å²) in [6, 6.07) is 2.10. The van der Waals surface area contributed by atoms with E-state index in [1.807, 2.05) is 20.8 Å². The predicted molar refractivity (Wildman–Crippen MR) is 91.7 cm³/mol. The molecule has 1 aromatic rings. The molecular weight excluding hydrogens is 278 g/mol. The summed E-state index contributed by atoms with van der Waals surface area (Å²) in [6.45, 7) is 13.4. The fourth-order valence-electron chi connectivity index (χ4n) is 1.93. The van der Waals surface area contributed by atoms with Gasteiger partial charge in [0.1, 0.15) is 6.10 Å². The van der Waals surface area contributed by atoms with Gasteiger partial charge in [0.15, 0.2) is 0 Å². The van der Waals surface area contributed by atoms with Crippen LogP contribution in [0.4, 0.5) is 5.69 Å². The Balaban J connectivity index is 2.64. The smallest absolute Gasteiger partial charge is 0.216 e. The lowest BCUT2D eigenvalue weighted by Gasteiger charge is -2.19. The van der Waals surface area contributed by atoms with Crippen LogP contribution in [0.15, 0.2) is 6.07 Å². The lowest BCUT2D eigenvalue weighted by Crippen LogP contribution is -2.25. The first-order chi connectivity index (χ1) is 10.5. The van der Waals surface area contributed by atoms with Crippen LogP contribution in [0.3, 0.4) is 0 Å². The Kier molecular flexibility index (Phi) is 8.20. The maximum absolute atomic E-state index is 5.90. The molecule has 0 aliphatic rings. The summed E-state index contributed by atoms with van der Waals surface area (Å²) in [5.74, 6) is 0.694. The molecule has 1 atom stereocenters. The second-order valence-electron chi connectivity index (χ2n) is 5.75. The third-order valence-corrected chi connectivity index (χ3v) is 3.45. The first kappa shape index (κ1) is 18.7. The van der Waals surface area contributed by atoms with Gasteiger partial charge in [0, 0.05) is 12.2 Å². The first-order valence-electron chi connectivity index (χ1n) is 8.12. The molecule has 0 amide bonds. The minimum atomic E-state index is 0.00202. The Morgan fingerprint density at radius 1 is 1.32 bits per heavy atom. The number of ether oxygens (including phenoxy) is 2. The number of nitrogens with one attached hydrogen (secondary N) is 1. The molecule has 1 rings (SSSR count). The van der Waals surface area contributed by atoms with Gasteiger partial charge in [0.25, 0.3) is 0 Å². The number of hydrogen-bond acceptors (Lipinski definition) is 5. The van der Waals surface area contributed by atoms with Crippen molar-refractivity contribution in [3.05, 3.63) is 17.3 Å². The zero-order valence-electron chi connectivity index (χ0n) is 14.9. The Morgan fingerprint density at radius 3 is 2.68 bits per heavy atom. The van der Waals surface area contributed by atoms with Gasteiger partial charge >= 0.3 is 0 Å². The van der Waals surface area contributed by atoms with E-state index in [0.717, 1.165) is 43.2 Å². The zero-order valence-corrected chi connectivity index (χ0v) is 14.9. The number of hydrogen-bond donors (Lipinski definition) is 1. The van der Waals surface area contributed by atoms with E-state index in [9.17, 15) is 0 Å². The highest BCUT2D eigenvalue weighted by molar-refractivity contribution is 5.51. The Hall–Kier alpha value is -1.33. The third kappa shape index (κ3) is 6.20.